The van der Waals surface area contributed by atoms with Crippen molar-refractivity contribution in [2.45, 2.75) is 0 Å². The van der Waals surface area contributed by atoms with Crippen LogP contribution in [0.1, 0.15) is 0 Å². The largest absolute Gasteiger partial charge is 0.239 e. The smallest absolute Gasteiger partial charge is 0.0740 e. The first kappa shape index (κ1) is 8.00. The fraction of sp³-hybridized carbons (Fsp3) is 0. The van der Waals surface area contributed by atoms with Crippen molar-refractivity contribution < 1.29 is 0 Å². The number of rotatable bonds is 0. The van der Waals surface area contributed by atoms with Gasteiger partial charge in [-0.25, -0.2) is 4.52 Å². The van der Waals surface area contributed by atoms with Crippen molar-refractivity contribution in [2.24, 2.45) is 0 Å². The summed E-state index contributed by atoms with van der Waals surface area (Å²) in [5.74, 6) is 0. The first-order valence-corrected chi connectivity index (χ1v) is 5.16. The Bertz CT molecular complexity index is 613. The highest BCUT2D eigenvalue weighted by molar-refractivity contribution is 9.10. The molecule has 1 aromatic carbocycles. The van der Waals surface area contributed by atoms with Gasteiger partial charge in [0.1, 0.15) is 0 Å². The Morgan fingerprint density at radius 2 is 1.86 bits per heavy atom. The summed E-state index contributed by atoms with van der Waals surface area (Å²) < 4.78 is 2.95. The van der Waals surface area contributed by atoms with E-state index < -0.39 is 0 Å². The predicted molar refractivity (Wildman–Crippen MR) is 60.4 cm³/mol. The lowest BCUT2D eigenvalue weighted by molar-refractivity contribution is 0.963. The summed E-state index contributed by atoms with van der Waals surface area (Å²) in [6, 6.07) is 10.3. The minimum absolute atomic E-state index is 1.07. The van der Waals surface area contributed by atoms with E-state index in [1.54, 1.807) is 0 Å². The third kappa shape index (κ3) is 0.990. The van der Waals surface area contributed by atoms with Gasteiger partial charge in [-0.2, -0.15) is 5.10 Å². The molecule has 14 heavy (non-hydrogen) atoms. The lowest BCUT2D eigenvalue weighted by Gasteiger charge is -2.02. The number of pyridine rings is 1. The standard InChI is InChI=1S/C11H7BrN2/c12-10-7-14-11(5-6-13-14)9-4-2-1-3-8(9)10/h1-7H. The van der Waals surface area contributed by atoms with Crippen LogP contribution >= 0.6 is 15.9 Å². The molecule has 0 radical (unpaired) electrons. The monoisotopic (exact) mass is 246 g/mol. The van der Waals surface area contributed by atoms with E-state index >= 15 is 0 Å². The maximum Gasteiger partial charge on any atom is 0.0740 e. The maximum absolute atomic E-state index is 4.22. The molecular formula is C11H7BrN2. The molecule has 0 atom stereocenters. The SMILES string of the molecule is Brc1cn2nccc2c2ccccc12. The van der Waals surface area contributed by atoms with Crippen LogP contribution in [0.5, 0.6) is 0 Å². The van der Waals surface area contributed by atoms with Crippen molar-refractivity contribution in [3.8, 4) is 0 Å². The molecule has 0 unspecified atom stereocenters. The van der Waals surface area contributed by atoms with Crippen molar-refractivity contribution in [3.05, 3.63) is 47.2 Å². The van der Waals surface area contributed by atoms with Crippen LogP contribution in [0.25, 0.3) is 16.3 Å². The van der Waals surface area contributed by atoms with Crippen molar-refractivity contribution in [1.29, 1.82) is 0 Å². The predicted octanol–water partition coefficient (Wildman–Crippen LogP) is 3.25. The summed E-state index contributed by atoms with van der Waals surface area (Å²) in [7, 11) is 0. The van der Waals surface area contributed by atoms with Crippen molar-refractivity contribution >= 4 is 32.2 Å². The third-order valence-corrected chi connectivity index (χ3v) is 3.00. The van der Waals surface area contributed by atoms with Crippen molar-refractivity contribution in [3.63, 3.8) is 0 Å². The molecule has 0 saturated heterocycles. The summed E-state index contributed by atoms with van der Waals surface area (Å²) in [6.45, 7) is 0. The maximum atomic E-state index is 4.22. The molecule has 2 heterocycles. The number of fused-ring (bicyclic) bond motifs is 3. The summed E-state index contributed by atoms with van der Waals surface area (Å²) in [5, 5.41) is 6.66. The highest BCUT2D eigenvalue weighted by atomic mass is 79.9. The van der Waals surface area contributed by atoms with E-state index in [0.29, 0.717) is 0 Å². The molecule has 0 aliphatic carbocycles. The molecule has 0 bridgehead atoms. The van der Waals surface area contributed by atoms with Gasteiger partial charge in [-0.05, 0) is 27.4 Å². The molecule has 0 aliphatic rings. The van der Waals surface area contributed by atoms with Gasteiger partial charge in [0, 0.05) is 16.1 Å². The third-order valence-electron chi connectivity index (χ3n) is 2.37. The van der Waals surface area contributed by atoms with Crippen LogP contribution in [0, 0.1) is 0 Å². The molecule has 0 saturated carbocycles. The molecule has 3 heteroatoms. The van der Waals surface area contributed by atoms with E-state index in [2.05, 4.69) is 33.2 Å². The fourth-order valence-electron chi connectivity index (χ4n) is 1.72. The number of halogens is 1. The van der Waals surface area contributed by atoms with Crippen LogP contribution in [0.4, 0.5) is 0 Å². The fourth-order valence-corrected chi connectivity index (χ4v) is 2.26. The molecule has 0 aliphatic heterocycles. The van der Waals surface area contributed by atoms with Gasteiger partial charge >= 0.3 is 0 Å². The number of hydrogen-bond donors (Lipinski definition) is 0. The minimum Gasteiger partial charge on any atom is -0.239 e. The first-order chi connectivity index (χ1) is 6.86. The van der Waals surface area contributed by atoms with Crippen molar-refractivity contribution in [2.75, 3.05) is 0 Å². The Morgan fingerprint density at radius 3 is 2.71 bits per heavy atom. The zero-order valence-electron chi connectivity index (χ0n) is 7.31. The Kier molecular flexibility index (Phi) is 1.61. The van der Waals surface area contributed by atoms with Crippen LogP contribution in [0.15, 0.2) is 47.2 Å². The normalized spacial score (nSPS) is 11.2. The minimum atomic E-state index is 1.07. The van der Waals surface area contributed by atoms with Gasteiger partial charge in [0.25, 0.3) is 0 Å². The van der Waals surface area contributed by atoms with Crippen LogP contribution in [0.2, 0.25) is 0 Å². The van der Waals surface area contributed by atoms with Crippen molar-refractivity contribution in [1.82, 2.24) is 9.61 Å². The Morgan fingerprint density at radius 1 is 1.07 bits per heavy atom. The van der Waals surface area contributed by atoms with E-state index in [1.165, 1.54) is 10.8 Å². The Balaban J connectivity index is 2.67. The number of nitrogens with zero attached hydrogens (tertiary/aromatic N) is 2. The molecular weight excluding hydrogens is 240 g/mol. The molecule has 2 nitrogen and oxygen atoms in total. The summed E-state index contributed by atoms with van der Waals surface area (Å²) in [5.41, 5.74) is 1.14. The molecule has 3 aromatic rings. The van der Waals surface area contributed by atoms with E-state index in [4.69, 9.17) is 0 Å². The second-order valence-corrected chi connectivity index (χ2v) is 4.04. The average Bonchev–Trinajstić information content (AvgIpc) is 2.66. The van der Waals surface area contributed by atoms with Gasteiger partial charge in [-0.3, -0.25) is 0 Å². The highest BCUT2D eigenvalue weighted by Gasteiger charge is 2.03. The molecule has 68 valence electrons. The second-order valence-electron chi connectivity index (χ2n) is 3.18. The van der Waals surface area contributed by atoms with Gasteiger partial charge in [0.05, 0.1) is 11.7 Å². The van der Waals surface area contributed by atoms with Gasteiger partial charge < -0.3 is 0 Å². The highest BCUT2D eigenvalue weighted by Crippen LogP contribution is 2.26. The molecule has 0 spiro atoms. The van der Waals surface area contributed by atoms with Crippen LogP contribution in [-0.2, 0) is 0 Å². The summed E-state index contributed by atoms with van der Waals surface area (Å²) in [6.07, 6.45) is 3.80. The van der Waals surface area contributed by atoms with Crippen LogP contribution < -0.4 is 0 Å². The molecule has 0 amide bonds. The quantitative estimate of drug-likeness (QED) is 0.596. The number of aromatic nitrogens is 2. The average molecular weight is 247 g/mol. The second kappa shape index (κ2) is 2.82. The van der Waals surface area contributed by atoms with E-state index in [0.717, 1.165) is 9.99 Å². The van der Waals surface area contributed by atoms with Gasteiger partial charge in [-0.1, -0.05) is 24.3 Å². The van der Waals surface area contributed by atoms with E-state index in [-0.39, 0.29) is 0 Å². The van der Waals surface area contributed by atoms with Crippen LogP contribution in [0.3, 0.4) is 0 Å². The van der Waals surface area contributed by atoms with E-state index in [9.17, 15) is 0 Å². The zero-order valence-corrected chi connectivity index (χ0v) is 8.90. The number of benzene rings is 1. The summed E-state index contributed by atoms with van der Waals surface area (Å²) >= 11 is 3.54. The molecule has 0 N–H and O–H groups in total. The zero-order chi connectivity index (χ0) is 9.54. The van der Waals surface area contributed by atoms with E-state index in [1.807, 2.05) is 35.1 Å². The first-order valence-electron chi connectivity index (χ1n) is 4.37. The Hall–Kier alpha value is -1.35. The lowest BCUT2D eigenvalue weighted by Crippen LogP contribution is -1.87. The number of hydrogen-bond acceptors (Lipinski definition) is 1. The van der Waals surface area contributed by atoms with Gasteiger partial charge in [-0.15, -0.1) is 0 Å². The lowest BCUT2D eigenvalue weighted by atomic mass is 10.1. The molecule has 3 rings (SSSR count). The molecule has 2 aromatic heterocycles. The van der Waals surface area contributed by atoms with Gasteiger partial charge in [0.15, 0.2) is 0 Å². The van der Waals surface area contributed by atoms with Gasteiger partial charge in [0.2, 0.25) is 0 Å². The summed E-state index contributed by atoms with van der Waals surface area (Å²) in [4.78, 5) is 0. The topological polar surface area (TPSA) is 17.3 Å². The Labute approximate surface area is 89.3 Å². The molecule has 0 fully saturated rings. The van der Waals surface area contributed by atoms with Crippen LogP contribution in [-0.4, -0.2) is 9.61 Å².